The van der Waals surface area contributed by atoms with Gasteiger partial charge in [0.25, 0.3) is 0 Å². The van der Waals surface area contributed by atoms with Gasteiger partial charge in [0.2, 0.25) is 0 Å². The molecule has 0 spiro atoms. The number of hydrogen-bond acceptors (Lipinski definition) is 3. The van der Waals surface area contributed by atoms with Gasteiger partial charge in [-0.3, -0.25) is 4.99 Å². The lowest BCUT2D eigenvalue weighted by Crippen LogP contribution is -2.33. The molecule has 0 bridgehead atoms. The Labute approximate surface area is 73.2 Å². The topological polar surface area (TPSA) is 85.7 Å². The summed E-state index contributed by atoms with van der Waals surface area (Å²) >= 11 is 0. The van der Waals surface area contributed by atoms with Gasteiger partial charge in [0, 0.05) is 13.7 Å². The first-order chi connectivity index (χ1) is 5.81. The van der Waals surface area contributed by atoms with Crippen molar-refractivity contribution in [3.05, 3.63) is 0 Å². The van der Waals surface area contributed by atoms with Crippen molar-refractivity contribution in [1.82, 2.24) is 5.32 Å². The normalized spacial score (nSPS) is 11.7. The summed E-state index contributed by atoms with van der Waals surface area (Å²) in [6.07, 6.45) is 0.903. The van der Waals surface area contributed by atoms with Gasteiger partial charge in [0.15, 0.2) is 5.96 Å². The second-order valence-electron chi connectivity index (χ2n) is 2.33. The highest BCUT2D eigenvalue weighted by molar-refractivity contribution is 5.77. The van der Waals surface area contributed by atoms with Crippen LogP contribution in [-0.4, -0.2) is 39.3 Å². The monoisotopic (exact) mass is 174 g/mol. The summed E-state index contributed by atoms with van der Waals surface area (Å²) in [5.74, 6) is 0.459. The van der Waals surface area contributed by atoms with Crippen molar-refractivity contribution < 1.29 is 4.74 Å². The van der Waals surface area contributed by atoms with Crippen molar-refractivity contribution in [2.24, 2.45) is 16.5 Å². The van der Waals surface area contributed by atoms with Crippen molar-refractivity contribution in [3.63, 3.8) is 0 Å². The maximum atomic E-state index is 5.50. The summed E-state index contributed by atoms with van der Waals surface area (Å²) in [5, 5.41) is 2.93. The molecule has 0 amide bonds. The van der Waals surface area contributed by atoms with E-state index in [0.29, 0.717) is 25.7 Å². The summed E-state index contributed by atoms with van der Waals surface area (Å²) in [4.78, 5) is 4.00. The first-order valence-electron chi connectivity index (χ1n) is 4.04. The molecule has 0 aliphatic carbocycles. The minimum atomic E-state index is 0.459. The Morgan fingerprint density at radius 2 is 2.33 bits per heavy atom. The summed E-state index contributed by atoms with van der Waals surface area (Å²) in [7, 11) is 1.63. The fraction of sp³-hybridized carbons (Fsp3) is 0.857. The number of nitrogens with zero attached hydrogens (tertiary/aromatic N) is 1. The highest BCUT2D eigenvalue weighted by atomic mass is 16.5. The molecule has 0 aliphatic heterocycles. The van der Waals surface area contributed by atoms with Gasteiger partial charge in [-0.05, 0) is 13.0 Å². The van der Waals surface area contributed by atoms with E-state index in [1.807, 2.05) is 0 Å². The molecule has 0 aromatic heterocycles. The van der Waals surface area contributed by atoms with Gasteiger partial charge >= 0.3 is 0 Å². The lowest BCUT2D eigenvalue weighted by Gasteiger charge is -2.03. The van der Waals surface area contributed by atoms with E-state index in [1.54, 1.807) is 7.11 Å². The number of nitrogens with two attached hydrogens (primary N) is 2. The van der Waals surface area contributed by atoms with Crippen LogP contribution >= 0.6 is 0 Å². The van der Waals surface area contributed by atoms with Crippen LogP contribution in [0, 0.1) is 0 Å². The fourth-order valence-electron chi connectivity index (χ4n) is 0.632. The van der Waals surface area contributed by atoms with Gasteiger partial charge in [-0.25, -0.2) is 0 Å². The largest absolute Gasteiger partial charge is 0.383 e. The van der Waals surface area contributed by atoms with Crippen LogP contribution in [0.15, 0.2) is 4.99 Å². The van der Waals surface area contributed by atoms with Crippen LogP contribution < -0.4 is 16.8 Å². The van der Waals surface area contributed by atoms with Crippen molar-refractivity contribution in [3.8, 4) is 0 Å². The summed E-state index contributed by atoms with van der Waals surface area (Å²) in [6.45, 7) is 2.63. The van der Waals surface area contributed by atoms with Crippen LogP contribution in [0.5, 0.6) is 0 Å². The number of ether oxygens (including phenoxy) is 1. The van der Waals surface area contributed by atoms with Crippen LogP contribution in [0.3, 0.4) is 0 Å². The Morgan fingerprint density at radius 3 is 2.92 bits per heavy atom. The molecule has 0 aromatic rings. The lowest BCUT2D eigenvalue weighted by molar-refractivity contribution is 0.208. The summed E-state index contributed by atoms with van der Waals surface area (Å²) in [6, 6.07) is 0. The van der Waals surface area contributed by atoms with Crippen LogP contribution in [0.1, 0.15) is 6.42 Å². The van der Waals surface area contributed by atoms with Gasteiger partial charge in [-0.15, -0.1) is 0 Å². The number of hydrogen-bond donors (Lipinski definition) is 3. The smallest absolute Gasteiger partial charge is 0.188 e. The van der Waals surface area contributed by atoms with E-state index >= 15 is 0 Å². The minimum absolute atomic E-state index is 0.459. The first-order valence-corrected chi connectivity index (χ1v) is 4.04. The highest BCUT2D eigenvalue weighted by Crippen LogP contribution is 1.73. The minimum Gasteiger partial charge on any atom is -0.383 e. The van der Waals surface area contributed by atoms with Gasteiger partial charge in [0.1, 0.15) is 0 Å². The lowest BCUT2D eigenvalue weighted by atomic mass is 10.4. The molecule has 0 rings (SSSR count). The van der Waals surface area contributed by atoms with E-state index < -0.39 is 0 Å². The quantitative estimate of drug-likeness (QED) is 0.271. The Morgan fingerprint density at radius 1 is 1.58 bits per heavy atom. The molecule has 0 saturated heterocycles. The molecule has 72 valence electrons. The van der Waals surface area contributed by atoms with Crippen LogP contribution in [0.2, 0.25) is 0 Å². The van der Waals surface area contributed by atoms with E-state index in [4.69, 9.17) is 16.2 Å². The maximum absolute atomic E-state index is 5.50. The molecule has 5 heteroatoms. The average Bonchev–Trinajstić information content (AvgIpc) is 2.06. The molecule has 0 heterocycles. The van der Waals surface area contributed by atoms with Crippen molar-refractivity contribution >= 4 is 5.96 Å². The maximum Gasteiger partial charge on any atom is 0.188 e. The van der Waals surface area contributed by atoms with Crippen molar-refractivity contribution in [2.75, 3.05) is 33.4 Å². The van der Waals surface area contributed by atoms with Gasteiger partial charge in [-0.1, -0.05) is 0 Å². The zero-order chi connectivity index (χ0) is 9.23. The Kier molecular flexibility index (Phi) is 7.73. The van der Waals surface area contributed by atoms with Crippen LogP contribution in [0.25, 0.3) is 0 Å². The van der Waals surface area contributed by atoms with E-state index in [2.05, 4.69) is 10.3 Å². The fourth-order valence-corrected chi connectivity index (χ4v) is 0.632. The molecule has 5 nitrogen and oxygen atoms in total. The van der Waals surface area contributed by atoms with E-state index in [-0.39, 0.29) is 0 Å². The van der Waals surface area contributed by atoms with Crippen molar-refractivity contribution in [2.45, 2.75) is 6.42 Å². The third kappa shape index (κ3) is 7.30. The third-order valence-corrected chi connectivity index (χ3v) is 1.26. The van der Waals surface area contributed by atoms with E-state index in [0.717, 1.165) is 13.0 Å². The van der Waals surface area contributed by atoms with E-state index in [1.165, 1.54) is 0 Å². The van der Waals surface area contributed by atoms with Gasteiger partial charge in [-0.2, -0.15) is 0 Å². The zero-order valence-electron chi connectivity index (χ0n) is 7.55. The second-order valence-corrected chi connectivity index (χ2v) is 2.33. The standard InChI is InChI=1S/C7H18N4O/c1-12-6-5-11-7(9)10-4-2-3-8/h2-6,8H2,1H3,(H3,9,10,11). The number of aliphatic imine (C=N–C) groups is 1. The number of methoxy groups -OCH3 is 1. The van der Waals surface area contributed by atoms with Crippen LogP contribution in [0.4, 0.5) is 0 Å². The zero-order valence-corrected chi connectivity index (χ0v) is 7.55. The number of nitrogens with one attached hydrogen (secondary N) is 1. The molecule has 0 fully saturated rings. The summed E-state index contributed by atoms with van der Waals surface area (Å²) < 4.78 is 4.81. The Bertz CT molecular complexity index is 127. The molecule has 0 atom stereocenters. The molecular weight excluding hydrogens is 156 g/mol. The molecular formula is C7H18N4O. The molecule has 0 aromatic carbocycles. The third-order valence-electron chi connectivity index (χ3n) is 1.26. The molecule has 0 unspecified atom stereocenters. The Balaban J connectivity index is 3.29. The Hall–Kier alpha value is -0.810. The summed E-state index contributed by atoms with van der Waals surface area (Å²) in [5.41, 5.74) is 10.8. The van der Waals surface area contributed by atoms with Crippen LogP contribution in [-0.2, 0) is 4.74 Å². The number of guanidine groups is 1. The molecule has 0 radical (unpaired) electrons. The second kappa shape index (κ2) is 8.29. The SMILES string of the molecule is COCCN=C(N)NCCCN. The first kappa shape index (κ1) is 11.2. The van der Waals surface area contributed by atoms with Gasteiger partial charge in [0.05, 0.1) is 13.2 Å². The average molecular weight is 174 g/mol. The predicted octanol–water partition coefficient (Wildman–Crippen LogP) is -1.11. The predicted molar refractivity (Wildman–Crippen MR) is 50.0 cm³/mol. The molecule has 0 aliphatic rings. The molecule has 12 heavy (non-hydrogen) atoms. The molecule has 0 saturated carbocycles. The van der Waals surface area contributed by atoms with Crippen molar-refractivity contribution in [1.29, 1.82) is 0 Å². The molecule has 5 N–H and O–H groups in total. The number of rotatable bonds is 6. The van der Waals surface area contributed by atoms with E-state index in [9.17, 15) is 0 Å². The highest BCUT2D eigenvalue weighted by Gasteiger charge is 1.88. The van der Waals surface area contributed by atoms with Gasteiger partial charge < -0.3 is 21.5 Å².